The van der Waals surface area contributed by atoms with E-state index in [0.717, 1.165) is 76.7 Å². The highest BCUT2D eigenvalue weighted by molar-refractivity contribution is 5.85. The van der Waals surface area contributed by atoms with Crippen LogP contribution >= 0.6 is 0 Å². The van der Waals surface area contributed by atoms with Gasteiger partial charge in [0.15, 0.2) is 22.8 Å². The number of hydrogen-bond donors (Lipinski definition) is 1. The normalized spacial score (nSPS) is 16.9. The Balaban J connectivity index is 1.14. The summed E-state index contributed by atoms with van der Waals surface area (Å²) in [5.74, 6) is 2.24. The molecule has 2 fully saturated rings. The molecule has 0 saturated carbocycles. The molecule has 2 saturated heterocycles. The second-order valence-electron chi connectivity index (χ2n) is 11.3. The lowest BCUT2D eigenvalue weighted by molar-refractivity contribution is 0.122. The Bertz CT molecular complexity index is 1460. The molecule has 0 aliphatic carbocycles. The Morgan fingerprint density at radius 2 is 1.81 bits per heavy atom. The number of aromatic nitrogens is 6. The molecular formula is C30H39N9O3. The summed E-state index contributed by atoms with van der Waals surface area (Å²) in [5, 5.41) is 19.2. The lowest BCUT2D eigenvalue weighted by Crippen LogP contribution is -2.37. The van der Waals surface area contributed by atoms with Crippen LogP contribution in [0.1, 0.15) is 30.9 Å². The fourth-order valence-electron chi connectivity index (χ4n) is 5.58. The summed E-state index contributed by atoms with van der Waals surface area (Å²) in [7, 11) is 4.16. The number of aromatic hydroxyl groups is 1. The molecule has 42 heavy (non-hydrogen) atoms. The minimum Gasteiger partial charge on any atom is -0.506 e. The standard InChI is InChI=1S/C30H39N9O3/c1-36(2)10-3-15-42-26-6-4-22(5-7-26)21-37-11-8-24(9-12-37)39-30-27(34-35-39)29(38-13-16-41-17-14-38)32-28(33-30)23-18-25(40)20-31-19-23/h4-7,18-20,24,40H,3,8-17,21H2,1-2H3. The molecule has 0 bridgehead atoms. The van der Waals surface area contributed by atoms with Gasteiger partial charge in [-0.15, -0.1) is 5.10 Å². The van der Waals surface area contributed by atoms with Crippen molar-refractivity contribution in [2.45, 2.75) is 31.8 Å². The van der Waals surface area contributed by atoms with Gasteiger partial charge in [0.1, 0.15) is 11.5 Å². The smallest absolute Gasteiger partial charge is 0.184 e. The number of pyridine rings is 1. The van der Waals surface area contributed by atoms with E-state index in [4.69, 9.17) is 19.4 Å². The molecule has 0 amide bonds. The third kappa shape index (κ3) is 6.61. The van der Waals surface area contributed by atoms with E-state index >= 15 is 0 Å². The summed E-state index contributed by atoms with van der Waals surface area (Å²) in [6, 6.07) is 10.3. The van der Waals surface area contributed by atoms with Crippen LogP contribution in [0.15, 0.2) is 42.7 Å². The molecule has 0 radical (unpaired) electrons. The van der Waals surface area contributed by atoms with Crippen molar-refractivity contribution in [1.82, 2.24) is 39.7 Å². The zero-order valence-electron chi connectivity index (χ0n) is 24.4. The number of anilines is 1. The number of rotatable bonds is 10. The van der Waals surface area contributed by atoms with Gasteiger partial charge in [0, 0.05) is 51.0 Å². The van der Waals surface area contributed by atoms with Gasteiger partial charge in [-0.1, -0.05) is 17.3 Å². The fraction of sp³-hybridized carbons (Fsp3) is 0.500. The second-order valence-corrected chi connectivity index (χ2v) is 11.3. The maximum atomic E-state index is 10.0. The molecule has 0 unspecified atom stereocenters. The topological polar surface area (TPSA) is 118 Å². The van der Waals surface area contributed by atoms with Crippen LogP contribution in [0.5, 0.6) is 11.5 Å². The maximum absolute atomic E-state index is 10.0. The first-order chi connectivity index (χ1) is 20.5. The summed E-state index contributed by atoms with van der Waals surface area (Å²) in [4.78, 5) is 20.7. The van der Waals surface area contributed by atoms with Crippen LogP contribution in [-0.2, 0) is 11.3 Å². The minimum atomic E-state index is 0.0743. The number of likely N-dealkylation sites (tertiary alicyclic amines) is 1. The number of ether oxygens (including phenoxy) is 2. The van der Waals surface area contributed by atoms with Gasteiger partial charge in [-0.2, -0.15) is 0 Å². The maximum Gasteiger partial charge on any atom is 0.184 e. The Morgan fingerprint density at radius 1 is 1.02 bits per heavy atom. The van der Waals surface area contributed by atoms with E-state index in [1.807, 2.05) is 4.68 Å². The van der Waals surface area contributed by atoms with Gasteiger partial charge in [0.25, 0.3) is 0 Å². The van der Waals surface area contributed by atoms with Crippen molar-refractivity contribution in [2.24, 2.45) is 0 Å². The summed E-state index contributed by atoms with van der Waals surface area (Å²) in [5.41, 5.74) is 3.34. The molecule has 2 aliphatic heterocycles. The Hall–Kier alpha value is -3.87. The van der Waals surface area contributed by atoms with Crippen LogP contribution in [0.3, 0.4) is 0 Å². The van der Waals surface area contributed by atoms with E-state index < -0.39 is 0 Å². The molecule has 6 rings (SSSR count). The Morgan fingerprint density at radius 3 is 2.55 bits per heavy atom. The highest BCUT2D eigenvalue weighted by Crippen LogP contribution is 2.31. The zero-order chi connectivity index (χ0) is 28.9. The molecule has 12 nitrogen and oxygen atoms in total. The van der Waals surface area contributed by atoms with Crippen LogP contribution in [-0.4, -0.2) is 111 Å². The lowest BCUT2D eigenvalue weighted by Gasteiger charge is -2.32. The van der Waals surface area contributed by atoms with Crippen molar-refractivity contribution < 1.29 is 14.6 Å². The largest absolute Gasteiger partial charge is 0.506 e. The number of hydrogen-bond acceptors (Lipinski definition) is 11. The summed E-state index contributed by atoms with van der Waals surface area (Å²) in [6.07, 6.45) is 5.98. The predicted octanol–water partition coefficient (Wildman–Crippen LogP) is 2.99. The average Bonchev–Trinajstić information content (AvgIpc) is 3.44. The third-order valence-electron chi connectivity index (χ3n) is 7.85. The van der Waals surface area contributed by atoms with E-state index in [1.54, 1.807) is 12.3 Å². The number of fused-ring (bicyclic) bond motifs is 1. The fourth-order valence-corrected chi connectivity index (χ4v) is 5.58. The van der Waals surface area contributed by atoms with Crippen molar-refractivity contribution in [2.75, 3.05) is 71.5 Å². The summed E-state index contributed by atoms with van der Waals surface area (Å²) < 4.78 is 13.4. The quantitative estimate of drug-likeness (QED) is 0.282. The second kappa shape index (κ2) is 13.0. The first-order valence-electron chi connectivity index (χ1n) is 14.7. The summed E-state index contributed by atoms with van der Waals surface area (Å²) >= 11 is 0. The molecule has 0 spiro atoms. The minimum absolute atomic E-state index is 0.0743. The number of nitrogens with zero attached hydrogens (tertiary/aromatic N) is 9. The van der Waals surface area contributed by atoms with Crippen molar-refractivity contribution in [3.05, 3.63) is 48.3 Å². The predicted molar refractivity (Wildman–Crippen MR) is 160 cm³/mol. The lowest BCUT2D eigenvalue weighted by atomic mass is 10.0. The van der Waals surface area contributed by atoms with Crippen molar-refractivity contribution in [3.63, 3.8) is 0 Å². The molecule has 1 aromatic carbocycles. The highest BCUT2D eigenvalue weighted by Gasteiger charge is 2.27. The molecule has 12 heteroatoms. The van der Waals surface area contributed by atoms with Gasteiger partial charge < -0.3 is 24.4 Å². The number of benzene rings is 1. The molecule has 5 heterocycles. The molecule has 2 aliphatic rings. The van der Waals surface area contributed by atoms with E-state index in [1.165, 1.54) is 11.8 Å². The van der Waals surface area contributed by atoms with Gasteiger partial charge in [0.2, 0.25) is 0 Å². The molecular weight excluding hydrogens is 534 g/mol. The number of morpholine rings is 1. The van der Waals surface area contributed by atoms with Gasteiger partial charge in [0.05, 0.1) is 32.1 Å². The first-order valence-corrected chi connectivity index (χ1v) is 14.7. The zero-order valence-corrected chi connectivity index (χ0v) is 24.4. The van der Waals surface area contributed by atoms with Crippen molar-refractivity contribution in [1.29, 1.82) is 0 Å². The van der Waals surface area contributed by atoms with Crippen LogP contribution in [0, 0.1) is 0 Å². The van der Waals surface area contributed by atoms with Crippen LogP contribution in [0.4, 0.5) is 5.82 Å². The van der Waals surface area contributed by atoms with E-state index in [-0.39, 0.29) is 11.8 Å². The first kappa shape index (κ1) is 28.3. The Labute approximate surface area is 245 Å². The Kier molecular flexibility index (Phi) is 8.73. The SMILES string of the molecule is CN(C)CCCOc1ccc(CN2CCC(n3nnc4c(N5CCOCC5)nc(-c5cncc(O)c5)nc43)CC2)cc1. The monoisotopic (exact) mass is 573 g/mol. The molecule has 4 aromatic rings. The van der Waals surface area contributed by atoms with E-state index in [9.17, 15) is 5.11 Å². The van der Waals surface area contributed by atoms with Crippen molar-refractivity contribution >= 4 is 17.0 Å². The van der Waals surface area contributed by atoms with Gasteiger partial charge in [-0.25, -0.2) is 14.6 Å². The molecule has 1 N–H and O–H groups in total. The van der Waals surface area contributed by atoms with Gasteiger partial charge in [-0.3, -0.25) is 9.88 Å². The van der Waals surface area contributed by atoms with Crippen molar-refractivity contribution in [3.8, 4) is 22.9 Å². The van der Waals surface area contributed by atoms with Gasteiger partial charge in [-0.05, 0) is 57.1 Å². The van der Waals surface area contributed by atoms with Gasteiger partial charge >= 0.3 is 0 Å². The highest BCUT2D eigenvalue weighted by atomic mass is 16.5. The molecule has 3 aromatic heterocycles. The van der Waals surface area contributed by atoms with E-state index in [2.05, 4.69) is 68.4 Å². The van der Waals surface area contributed by atoms with Crippen LogP contribution in [0.2, 0.25) is 0 Å². The molecule has 0 atom stereocenters. The van der Waals surface area contributed by atoms with Crippen LogP contribution < -0.4 is 9.64 Å². The average molecular weight is 574 g/mol. The van der Waals surface area contributed by atoms with Crippen LogP contribution in [0.25, 0.3) is 22.6 Å². The third-order valence-corrected chi connectivity index (χ3v) is 7.85. The molecule has 222 valence electrons. The summed E-state index contributed by atoms with van der Waals surface area (Å²) in [6.45, 7) is 7.28. The number of piperidine rings is 1. The van der Waals surface area contributed by atoms with E-state index in [0.29, 0.717) is 35.8 Å².